The standard InChI is InChI=1S/C6H14O2.C4H6O2/c1-4-7-6(3)8-5-2;1-4(6)2-3-5/h6H,4-5H2,1-3H3;3H,2H2,1H3. The van der Waals surface area contributed by atoms with Crippen molar-refractivity contribution in [2.45, 2.75) is 40.4 Å². The second kappa shape index (κ2) is 12.3. The normalized spacial score (nSPS) is 9.21. The average Bonchev–Trinajstić information content (AvgIpc) is 2.05. The molecular weight excluding hydrogens is 184 g/mol. The lowest BCUT2D eigenvalue weighted by atomic mass is 10.3. The highest BCUT2D eigenvalue weighted by Gasteiger charge is 1.94. The first-order chi connectivity index (χ1) is 6.58. The zero-order chi connectivity index (χ0) is 11.4. The highest BCUT2D eigenvalue weighted by Crippen LogP contribution is 1.90. The topological polar surface area (TPSA) is 52.6 Å². The van der Waals surface area contributed by atoms with Crippen LogP contribution in [0.5, 0.6) is 0 Å². The molecule has 0 aliphatic heterocycles. The van der Waals surface area contributed by atoms with Gasteiger partial charge < -0.3 is 14.3 Å². The molecule has 0 bridgehead atoms. The van der Waals surface area contributed by atoms with Gasteiger partial charge >= 0.3 is 0 Å². The number of ketones is 1. The van der Waals surface area contributed by atoms with Crippen LogP contribution in [0, 0.1) is 0 Å². The summed E-state index contributed by atoms with van der Waals surface area (Å²) in [6.45, 7) is 8.63. The minimum atomic E-state index is -0.0787. The predicted molar refractivity (Wildman–Crippen MR) is 54.1 cm³/mol. The summed E-state index contributed by atoms with van der Waals surface area (Å²) < 4.78 is 10.1. The highest BCUT2D eigenvalue weighted by molar-refractivity contribution is 5.87. The van der Waals surface area contributed by atoms with E-state index in [1.54, 1.807) is 0 Å². The smallest absolute Gasteiger partial charge is 0.154 e. The maximum Gasteiger partial charge on any atom is 0.154 e. The van der Waals surface area contributed by atoms with Crippen molar-refractivity contribution in [2.75, 3.05) is 13.2 Å². The summed E-state index contributed by atoms with van der Waals surface area (Å²) in [7, 11) is 0. The molecule has 0 spiro atoms. The van der Waals surface area contributed by atoms with Crippen LogP contribution in [-0.2, 0) is 19.1 Å². The van der Waals surface area contributed by atoms with Crippen LogP contribution in [0.1, 0.15) is 34.1 Å². The summed E-state index contributed by atoms with van der Waals surface area (Å²) in [5.41, 5.74) is 0. The van der Waals surface area contributed by atoms with Crippen molar-refractivity contribution in [1.82, 2.24) is 0 Å². The van der Waals surface area contributed by atoms with E-state index in [9.17, 15) is 9.59 Å². The van der Waals surface area contributed by atoms with Gasteiger partial charge in [0.2, 0.25) is 0 Å². The second-order valence-corrected chi connectivity index (χ2v) is 2.55. The maximum atomic E-state index is 9.81. The molecule has 0 saturated heterocycles. The third-order valence-electron chi connectivity index (χ3n) is 1.17. The SMILES string of the molecule is CC(=O)CC=O.CCOC(C)OCC. The van der Waals surface area contributed by atoms with Gasteiger partial charge in [0.15, 0.2) is 6.29 Å². The minimum absolute atomic E-state index is 0.0370. The maximum absolute atomic E-state index is 9.81. The van der Waals surface area contributed by atoms with Gasteiger partial charge in [-0.25, -0.2) is 0 Å². The number of aldehydes is 1. The first-order valence-electron chi connectivity index (χ1n) is 4.74. The Hall–Kier alpha value is -0.740. The molecule has 0 N–H and O–H groups in total. The van der Waals surface area contributed by atoms with Gasteiger partial charge in [0.1, 0.15) is 12.1 Å². The van der Waals surface area contributed by atoms with E-state index in [-0.39, 0.29) is 18.5 Å². The van der Waals surface area contributed by atoms with Crippen LogP contribution in [0.15, 0.2) is 0 Å². The zero-order valence-electron chi connectivity index (χ0n) is 9.41. The van der Waals surface area contributed by atoms with Crippen LogP contribution in [0.2, 0.25) is 0 Å². The Morgan fingerprint density at radius 1 is 1.29 bits per heavy atom. The molecule has 0 fully saturated rings. The first kappa shape index (κ1) is 15.7. The first-order valence-corrected chi connectivity index (χ1v) is 4.74. The molecule has 0 amide bonds. The zero-order valence-corrected chi connectivity index (χ0v) is 9.41. The molecule has 0 aromatic rings. The third-order valence-corrected chi connectivity index (χ3v) is 1.17. The van der Waals surface area contributed by atoms with E-state index in [0.29, 0.717) is 6.29 Å². The summed E-state index contributed by atoms with van der Waals surface area (Å²) in [6.07, 6.45) is 0.618. The van der Waals surface area contributed by atoms with Gasteiger partial charge in [-0.05, 0) is 27.7 Å². The van der Waals surface area contributed by atoms with Gasteiger partial charge in [0, 0.05) is 13.2 Å². The molecule has 0 aromatic carbocycles. The molecule has 0 rings (SSSR count). The average molecular weight is 204 g/mol. The Morgan fingerprint density at radius 3 is 1.86 bits per heavy atom. The molecule has 4 heteroatoms. The van der Waals surface area contributed by atoms with Crippen molar-refractivity contribution in [1.29, 1.82) is 0 Å². The Labute approximate surface area is 85.6 Å². The molecule has 0 heterocycles. The fraction of sp³-hybridized carbons (Fsp3) is 0.800. The van der Waals surface area contributed by atoms with E-state index in [0.717, 1.165) is 13.2 Å². The van der Waals surface area contributed by atoms with Gasteiger partial charge in [-0.2, -0.15) is 0 Å². The monoisotopic (exact) mass is 204 g/mol. The van der Waals surface area contributed by atoms with Gasteiger partial charge in [-0.1, -0.05) is 0 Å². The van der Waals surface area contributed by atoms with Gasteiger partial charge in [0.25, 0.3) is 0 Å². The van der Waals surface area contributed by atoms with E-state index in [1.165, 1.54) is 6.92 Å². The molecule has 4 nitrogen and oxygen atoms in total. The van der Waals surface area contributed by atoms with Gasteiger partial charge in [-0.3, -0.25) is 4.79 Å². The molecule has 0 unspecified atom stereocenters. The van der Waals surface area contributed by atoms with Crippen LogP contribution in [0.4, 0.5) is 0 Å². The largest absolute Gasteiger partial charge is 0.353 e. The molecule has 0 saturated carbocycles. The van der Waals surface area contributed by atoms with Crippen molar-refractivity contribution in [2.24, 2.45) is 0 Å². The molecule has 0 atom stereocenters. The van der Waals surface area contributed by atoms with E-state index in [2.05, 4.69) is 0 Å². The van der Waals surface area contributed by atoms with Gasteiger partial charge in [-0.15, -0.1) is 0 Å². The number of carbonyl (C=O) groups is 2. The lowest BCUT2D eigenvalue weighted by molar-refractivity contribution is -0.123. The number of rotatable bonds is 6. The van der Waals surface area contributed by atoms with E-state index < -0.39 is 0 Å². The van der Waals surface area contributed by atoms with Crippen LogP contribution in [0.3, 0.4) is 0 Å². The molecule has 14 heavy (non-hydrogen) atoms. The van der Waals surface area contributed by atoms with Crippen molar-refractivity contribution < 1.29 is 19.1 Å². The lowest BCUT2D eigenvalue weighted by Gasteiger charge is -2.09. The summed E-state index contributed by atoms with van der Waals surface area (Å²) >= 11 is 0. The molecule has 0 radical (unpaired) electrons. The highest BCUT2D eigenvalue weighted by atomic mass is 16.7. The molecular formula is C10H20O4. The number of hydrogen-bond donors (Lipinski definition) is 0. The predicted octanol–water partition coefficient (Wildman–Crippen LogP) is 1.57. The third kappa shape index (κ3) is 17.4. The van der Waals surface area contributed by atoms with Gasteiger partial charge in [0.05, 0.1) is 6.42 Å². The van der Waals surface area contributed by atoms with Crippen molar-refractivity contribution in [3.8, 4) is 0 Å². The second-order valence-electron chi connectivity index (χ2n) is 2.55. The molecule has 0 aliphatic rings. The molecule has 0 aliphatic carbocycles. The fourth-order valence-electron chi connectivity index (χ4n) is 0.635. The summed E-state index contributed by atoms with van der Waals surface area (Å²) in [5.74, 6) is -0.0787. The van der Waals surface area contributed by atoms with Crippen LogP contribution >= 0.6 is 0 Å². The molecule has 0 aromatic heterocycles. The molecule has 84 valence electrons. The summed E-state index contributed by atoms with van der Waals surface area (Å²) in [5, 5.41) is 0. The van der Waals surface area contributed by atoms with E-state index in [4.69, 9.17) is 9.47 Å². The van der Waals surface area contributed by atoms with Crippen molar-refractivity contribution in [3.63, 3.8) is 0 Å². The lowest BCUT2D eigenvalue weighted by Crippen LogP contribution is -2.11. The number of ether oxygens (including phenoxy) is 2. The Bertz CT molecular complexity index is 139. The Balaban J connectivity index is 0. The minimum Gasteiger partial charge on any atom is -0.353 e. The summed E-state index contributed by atoms with van der Waals surface area (Å²) in [4.78, 5) is 19.2. The number of carbonyl (C=O) groups excluding carboxylic acids is 2. The van der Waals surface area contributed by atoms with E-state index >= 15 is 0 Å². The van der Waals surface area contributed by atoms with Crippen LogP contribution in [-0.4, -0.2) is 31.6 Å². The van der Waals surface area contributed by atoms with Crippen LogP contribution in [0.25, 0.3) is 0 Å². The Kier molecular flexibility index (Phi) is 13.8. The fourth-order valence-corrected chi connectivity index (χ4v) is 0.635. The van der Waals surface area contributed by atoms with E-state index in [1.807, 2.05) is 20.8 Å². The van der Waals surface area contributed by atoms with Crippen LogP contribution < -0.4 is 0 Å². The number of hydrogen-bond acceptors (Lipinski definition) is 4. The van der Waals surface area contributed by atoms with Crippen molar-refractivity contribution >= 4 is 12.1 Å². The number of Topliss-reactive ketones (excluding diaryl/α,β-unsaturated/α-hetero) is 1. The van der Waals surface area contributed by atoms with Crippen molar-refractivity contribution in [3.05, 3.63) is 0 Å². The Morgan fingerprint density at radius 2 is 1.71 bits per heavy atom. The quantitative estimate of drug-likeness (QED) is 0.374. The summed E-state index contributed by atoms with van der Waals surface area (Å²) in [6, 6.07) is 0.